The van der Waals surface area contributed by atoms with Crippen LogP contribution in [0.5, 0.6) is 0 Å². The van der Waals surface area contributed by atoms with E-state index >= 15 is 0 Å². The molecule has 0 aliphatic heterocycles. The molecule has 1 rings (SSSR count). The molecule has 1 aromatic rings. The Labute approximate surface area is 74.6 Å². The van der Waals surface area contributed by atoms with Crippen LogP contribution in [0.25, 0.3) is 0 Å². The maximum atomic E-state index is 5.06. The Bertz CT molecular complexity index is 220. The van der Waals surface area contributed by atoms with Crippen molar-refractivity contribution in [2.45, 2.75) is 6.54 Å². The van der Waals surface area contributed by atoms with Gasteiger partial charge < -0.3 is 10.7 Å². The van der Waals surface area contributed by atoms with E-state index in [2.05, 4.69) is 10.7 Å². The van der Waals surface area contributed by atoms with Crippen LogP contribution < -0.4 is 16.6 Å². The van der Waals surface area contributed by atoms with E-state index in [0.717, 1.165) is 6.54 Å². The molecule has 1 heterocycles. The van der Waals surface area contributed by atoms with Gasteiger partial charge in [0, 0.05) is 4.88 Å². The zero-order valence-corrected chi connectivity index (χ0v) is 7.47. The molecule has 5 heteroatoms. The van der Waals surface area contributed by atoms with Crippen LogP contribution in [0.15, 0.2) is 17.5 Å². The molecular weight excluding hydrogens is 178 g/mol. The third-order valence-corrected chi connectivity index (χ3v) is 2.27. The van der Waals surface area contributed by atoms with Gasteiger partial charge in [-0.2, -0.15) is 0 Å². The molecule has 60 valence electrons. The second-order valence-electron chi connectivity index (χ2n) is 1.91. The first kappa shape index (κ1) is 8.45. The normalized spacial score (nSPS) is 9.18. The maximum absolute atomic E-state index is 5.06. The molecule has 0 aromatic carbocycles. The van der Waals surface area contributed by atoms with E-state index in [1.165, 1.54) is 4.88 Å². The molecule has 0 fully saturated rings. The minimum absolute atomic E-state index is 0.471. The summed E-state index contributed by atoms with van der Waals surface area (Å²) in [5.41, 5.74) is 2.35. The highest BCUT2D eigenvalue weighted by Gasteiger charge is 1.93. The van der Waals surface area contributed by atoms with E-state index < -0.39 is 0 Å². The van der Waals surface area contributed by atoms with Gasteiger partial charge in [-0.15, -0.1) is 11.3 Å². The van der Waals surface area contributed by atoms with Crippen LogP contribution in [0.3, 0.4) is 0 Å². The Kier molecular flexibility index (Phi) is 3.28. The number of thiocarbonyl (C=S) groups is 1. The van der Waals surface area contributed by atoms with Gasteiger partial charge in [-0.25, -0.2) is 5.84 Å². The summed E-state index contributed by atoms with van der Waals surface area (Å²) in [6, 6.07) is 4.04. The Morgan fingerprint density at radius 2 is 2.55 bits per heavy atom. The van der Waals surface area contributed by atoms with Crippen LogP contribution >= 0.6 is 23.6 Å². The van der Waals surface area contributed by atoms with Crippen molar-refractivity contribution in [3.8, 4) is 0 Å². The summed E-state index contributed by atoms with van der Waals surface area (Å²) in [5.74, 6) is 5.06. The minimum Gasteiger partial charge on any atom is -0.357 e. The summed E-state index contributed by atoms with van der Waals surface area (Å²) in [6.45, 7) is 0.737. The van der Waals surface area contributed by atoms with Crippen LogP contribution in [0.1, 0.15) is 4.88 Å². The quantitative estimate of drug-likeness (QED) is 0.360. The fourth-order valence-electron chi connectivity index (χ4n) is 0.632. The lowest BCUT2D eigenvalue weighted by molar-refractivity contribution is 0.878. The van der Waals surface area contributed by atoms with Crippen molar-refractivity contribution in [2.75, 3.05) is 0 Å². The van der Waals surface area contributed by atoms with Crippen LogP contribution in [0.4, 0.5) is 0 Å². The third kappa shape index (κ3) is 2.83. The lowest BCUT2D eigenvalue weighted by atomic mass is 10.5. The van der Waals surface area contributed by atoms with Gasteiger partial charge in [0.15, 0.2) is 5.11 Å². The number of hydrogen-bond donors (Lipinski definition) is 3. The predicted octanol–water partition coefficient (Wildman–Crippen LogP) is 0.586. The summed E-state index contributed by atoms with van der Waals surface area (Å²) < 4.78 is 0. The smallest absolute Gasteiger partial charge is 0.180 e. The lowest BCUT2D eigenvalue weighted by Gasteiger charge is -2.03. The minimum atomic E-state index is 0.471. The second-order valence-corrected chi connectivity index (χ2v) is 3.35. The average molecular weight is 187 g/mol. The van der Waals surface area contributed by atoms with E-state index in [9.17, 15) is 0 Å². The van der Waals surface area contributed by atoms with Gasteiger partial charge in [-0.05, 0) is 23.7 Å². The average Bonchev–Trinajstić information content (AvgIpc) is 2.52. The summed E-state index contributed by atoms with van der Waals surface area (Å²) in [4.78, 5) is 1.24. The molecule has 0 radical (unpaired) electrons. The second kappa shape index (κ2) is 4.27. The van der Waals surface area contributed by atoms with Crippen LogP contribution in [-0.2, 0) is 6.54 Å². The highest BCUT2D eigenvalue weighted by atomic mass is 32.1. The zero-order chi connectivity index (χ0) is 8.10. The molecule has 0 spiro atoms. The standard InChI is InChI=1S/C6H9N3S2/c7-9-6(10)8-4-5-2-1-3-11-5/h1-3H,4,7H2,(H2,8,9,10). The Morgan fingerprint density at radius 3 is 3.09 bits per heavy atom. The van der Waals surface area contributed by atoms with E-state index in [-0.39, 0.29) is 0 Å². The van der Waals surface area contributed by atoms with Gasteiger partial charge in [-0.3, -0.25) is 0 Å². The summed E-state index contributed by atoms with van der Waals surface area (Å²) in [5, 5.41) is 5.43. The summed E-state index contributed by atoms with van der Waals surface area (Å²) >= 11 is 6.47. The largest absolute Gasteiger partial charge is 0.357 e. The van der Waals surface area contributed by atoms with E-state index in [0.29, 0.717) is 5.11 Å². The van der Waals surface area contributed by atoms with E-state index in [1.807, 2.05) is 17.5 Å². The number of hydrogen-bond acceptors (Lipinski definition) is 3. The van der Waals surface area contributed by atoms with Gasteiger partial charge >= 0.3 is 0 Å². The first-order valence-electron chi connectivity index (χ1n) is 3.10. The van der Waals surface area contributed by atoms with Gasteiger partial charge in [0.25, 0.3) is 0 Å². The Morgan fingerprint density at radius 1 is 1.73 bits per heavy atom. The molecule has 1 aromatic heterocycles. The highest BCUT2D eigenvalue weighted by Crippen LogP contribution is 2.06. The monoisotopic (exact) mass is 187 g/mol. The van der Waals surface area contributed by atoms with Crippen molar-refractivity contribution >= 4 is 28.7 Å². The van der Waals surface area contributed by atoms with Gasteiger partial charge in [-0.1, -0.05) is 6.07 Å². The third-order valence-electron chi connectivity index (χ3n) is 1.13. The predicted molar refractivity (Wildman–Crippen MR) is 51.1 cm³/mol. The number of thiophene rings is 1. The van der Waals surface area contributed by atoms with Crippen molar-refractivity contribution < 1.29 is 0 Å². The molecule has 0 amide bonds. The molecule has 0 atom stereocenters. The topological polar surface area (TPSA) is 50.1 Å². The number of hydrazine groups is 1. The van der Waals surface area contributed by atoms with Crippen molar-refractivity contribution in [1.82, 2.24) is 10.7 Å². The maximum Gasteiger partial charge on any atom is 0.180 e. The lowest BCUT2D eigenvalue weighted by Crippen LogP contribution is -2.38. The molecule has 0 aliphatic rings. The van der Waals surface area contributed by atoms with Crippen molar-refractivity contribution in [3.05, 3.63) is 22.4 Å². The Hall–Kier alpha value is -0.650. The molecule has 0 saturated carbocycles. The molecular formula is C6H9N3S2. The fraction of sp³-hybridized carbons (Fsp3) is 0.167. The zero-order valence-electron chi connectivity index (χ0n) is 5.83. The molecule has 0 bridgehead atoms. The number of rotatable bonds is 2. The fourth-order valence-corrected chi connectivity index (χ4v) is 1.35. The van der Waals surface area contributed by atoms with Crippen LogP contribution in [0.2, 0.25) is 0 Å². The van der Waals surface area contributed by atoms with Crippen molar-refractivity contribution in [1.29, 1.82) is 0 Å². The SMILES string of the molecule is NNC(=S)NCc1cccs1. The molecule has 0 saturated heterocycles. The van der Waals surface area contributed by atoms with Gasteiger partial charge in [0.1, 0.15) is 0 Å². The van der Waals surface area contributed by atoms with Gasteiger partial charge in [0.2, 0.25) is 0 Å². The van der Waals surface area contributed by atoms with E-state index in [1.54, 1.807) is 11.3 Å². The Balaban J connectivity index is 2.29. The first-order valence-corrected chi connectivity index (χ1v) is 4.38. The van der Waals surface area contributed by atoms with Crippen molar-refractivity contribution in [2.24, 2.45) is 5.84 Å². The van der Waals surface area contributed by atoms with Crippen LogP contribution in [-0.4, -0.2) is 5.11 Å². The van der Waals surface area contributed by atoms with Crippen LogP contribution in [0, 0.1) is 0 Å². The first-order chi connectivity index (χ1) is 5.33. The van der Waals surface area contributed by atoms with Crippen molar-refractivity contribution in [3.63, 3.8) is 0 Å². The van der Waals surface area contributed by atoms with E-state index in [4.69, 9.17) is 18.1 Å². The summed E-state index contributed by atoms with van der Waals surface area (Å²) in [7, 11) is 0. The number of nitrogens with two attached hydrogens (primary N) is 1. The molecule has 4 N–H and O–H groups in total. The highest BCUT2D eigenvalue weighted by molar-refractivity contribution is 7.80. The molecule has 0 aliphatic carbocycles. The summed E-state index contributed by atoms with van der Waals surface area (Å²) in [6.07, 6.45) is 0. The van der Waals surface area contributed by atoms with Gasteiger partial charge in [0.05, 0.1) is 6.54 Å². The molecule has 3 nitrogen and oxygen atoms in total. The molecule has 0 unspecified atom stereocenters. The molecule has 11 heavy (non-hydrogen) atoms. The number of nitrogens with one attached hydrogen (secondary N) is 2.